The number of rotatable bonds is 11. The summed E-state index contributed by atoms with van der Waals surface area (Å²) in [5.74, 6) is 0.368. The minimum absolute atomic E-state index is 0.149. The molecular weight excluding hydrogens is 386 g/mol. The first-order valence-corrected chi connectivity index (χ1v) is 11.2. The molecule has 0 atom stereocenters. The van der Waals surface area contributed by atoms with Gasteiger partial charge in [0, 0.05) is 37.0 Å². The topological polar surface area (TPSA) is 58.4 Å². The van der Waals surface area contributed by atoms with Crippen LogP contribution in [0, 0.1) is 11.3 Å². The van der Waals surface area contributed by atoms with Crippen LogP contribution in [0.15, 0.2) is 36.5 Å². The van der Waals surface area contributed by atoms with Crippen molar-refractivity contribution in [3.63, 3.8) is 0 Å². The Hall–Kier alpha value is -2.58. The van der Waals surface area contributed by atoms with Crippen molar-refractivity contribution in [2.45, 2.75) is 72.5 Å². The van der Waals surface area contributed by atoms with Gasteiger partial charge in [0.15, 0.2) is 0 Å². The number of aromatic nitrogens is 1. The fourth-order valence-electron chi connectivity index (χ4n) is 3.30. The molecule has 2 aromatic rings. The number of hydrogen-bond acceptors (Lipinski definition) is 5. The van der Waals surface area contributed by atoms with Gasteiger partial charge in [0.1, 0.15) is 17.2 Å². The Morgan fingerprint density at radius 1 is 0.968 bits per heavy atom. The number of anilines is 1. The number of nitrogens with zero attached hydrogens (tertiary/aromatic N) is 3. The Labute approximate surface area is 188 Å². The van der Waals surface area contributed by atoms with Crippen molar-refractivity contribution in [2.75, 3.05) is 24.6 Å². The zero-order valence-electron chi connectivity index (χ0n) is 20.2. The van der Waals surface area contributed by atoms with Crippen LogP contribution in [0.4, 0.5) is 5.69 Å². The van der Waals surface area contributed by atoms with Crippen molar-refractivity contribution in [3.05, 3.63) is 42.1 Å². The zero-order valence-corrected chi connectivity index (χ0v) is 20.2. The van der Waals surface area contributed by atoms with Gasteiger partial charge >= 0.3 is 0 Å². The Morgan fingerprint density at radius 2 is 1.61 bits per heavy atom. The van der Waals surface area contributed by atoms with Crippen molar-refractivity contribution < 1.29 is 9.47 Å². The van der Waals surface area contributed by atoms with Crippen molar-refractivity contribution >= 4 is 5.69 Å². The maximum absolute atomic E-state index is 9.89. The fraction of sp³-hybridized carbons (Fsp3) is 0.538. The highest BCUT2D eigenvalue weighted by molar-refractivity contribution is 5.73. The van der Waals surface area contributed by atoms with Crippen LogP contribution in [0.25, 0.3) is 11.1 Å². The van der Waals surface area contributed by atoms with Crippen LogP contribution in [0.1, 0.15) is 66.9 Å². The highest BCUT2D eigenvalue weighted by atomic mass is 16.5. The van der Waals surface area contributed by atoms with Gasteiger partial charge in [-0.3, -0.25) is 0 Å². The van der Waals surface area contributed by atoms with Crippen LogP contribution in [0.5, 0.6) is 5.88 Å². The highest BCUT2D eigenvalue weighted by Crippen LogP contribution is 2.32. The number of pyridine rings is 1. The van der Waals surface area contributed by atoms with Gasteiger partial charge in [-0.15, -0.1) is 0 Å². The summed E-state index contributed by atoms with van der Waals surface area (Å²) < 4.78 is 12.2. The second kappa shape index (κ2) is 10.6. The minimum atomic E-state index is -0.506. The molecule has 0 unspecified atom stereocenters. The molecule has 0 amide bonds. The van der Waals surface area contributed by atoms with Gasteiger partial charge in [0.05, 0.1) is 12.2 Å². The average Bonchev–Trinajstić information content (AvgIpc) is 2.74. The van der Waals surface area contributed by atoms with Crippen LogP contribution in [-0.4, -0.2) is 35.9 Å². The van der Waals surface area contributed by atoms with Gasteiger partial charge < -0.3 is 14.4 Å². The van der Waals surface area contributed by atoms with E-state index in [1.807, 2.05) is 19.9 Å². The van der Waals surface area contributed by atoms with E-state index in [2.05, 4.69) is 74.8 Å². The maximum atomic E-state index is 9.89. The molecule has 0 fully saturated rings. The van der Waals surface area contributed by atoms with E-state index in [0.29, 0.717) is 24.5 Å². The molecule has 0 aliphatic heterocycles. The number of hydrogen-bond donors (Lipinski definition) is 0. The van der Waals surface area contributed by atoms with E-state index in [9.17, 15) is 5.26 Å². The van der Waals surface area contributed by atoms with Crippen LogP contribution < -0.4 is 9.64 Å². The van der Waals surface area contributed by atoms with Crippen LogP contribution in [0.3, 0.4) is 0 Å². The third kappa shape index (κ3) is 6.70. The monoisotopic (exact) mass is 423 g/mol. The molecule has 168 valence electrons. The number of nitriles is 1. The summed E-state index contributed by atoms with van der Waals surface area (Å²) in [6.45, 7) is 17.1. The summed E-state index contributed by atoms with van der Waals surface area (Å²) in [7, 11) is 0. The van der Waals surface area contributed by atoms with Gasteiger partial charge in [-0.25, -0.2) is 4.98 Å². The lowest BCUT2D eigenvalue weighted by molar-refractivity contribution is -0.0429. The number of ether oxygens (including phenoxy) is 2. The van der Waals surface area contributed by atoms with Crippen molar-refractivity contribution in [1.29, 1.82) is 5.26 Å². The summed E-state index contributed by atoms with van der Waals surface area (Å²) in [5, 5.41) is 9.89. The summed E-state index contributed by atoms with van der Waals surface area (Å²) in [5.41, 5.74) is 2.79. The second-order valence-corrected chi connectivity index (χ2v) is 8.94. The smallest absolute Gasteiger partial charge is 0.232 e. The molecule has 0 radical (unpaired) electrons. The SMILES string of the molecule is CCN(CC)c1ccc(-c2ccnc(OC(C)(C)CCOC(C)(C)CC)c2C#N)cc1. The Kier molecular flexibility index (Phi) is 8.47. The molecule has 1 aromatic carbocycles. The molecule has 0 aliphatic rings. The van der Waals surface area contributed by atoms with Gasteiger partial charge in [-0.1, -0.05) is 19.1 Å². The molecule has 0 saturated heterocycles. The van der Waals surface area contributed by atoms with Crippen LogP contribution in [0.2, 0.25) is 0 Å². The molecule has 0 spiro atoms. The molecule has 0 saturated carbocycles. The first-order valence-electron chi connectivity index (χ1n) is 11.2. The average molecular weight is 424 g/mol. The minimum Gasteiger partial charge on any atom is -0.471 e. The summed E-state index contributed by atoms with van der Waals surface area (Å²) >= 11 is 0. The lowest BCUT2D eigenvalue weighted by atomic mass is 10.0. The lowest BCUT2D eigenvalue weighted by Crippen LogP contribution is -2.33. The first-order chi connectivity index (χ1) is 14.7. The molecule has 2 rings (SSSR count). The molecule has 1 heterocycles. The number of benzene rings is 1. The molecule has 0 bridgehead atoms. The second-order valence-electron chi connectivity index (χ2n) is 8.94. The predicted octanol–water partition coefficient (Wildman–Crippen LogP) is 6.22. The standard InChI is InChI=1S/C26H37N3O2/c1-8-25(4,5)30-18-16-26(6,7)31-24-23(19-27)22(15-17-28-24)20-11-13-21(14-12-20)29(9-2)10-3/h11-15,17H,8-10,16,18H2,1-7H3. The fourth-order valence-corrected chi connectivity index (χ4v) is 3.30. The third-order valence-corrected chi connectivity index (χ3v) is 5.76. The quantitative estimate of drug-likeness (QED) is 0.429. The molecule has 5 nitrogen and oxygen atoms in total. The summed E-state index contributed by atoms with van der Waals surface area (Å²) in [6, 6.07) is 12.5. The normalized spacial score (nSPS) is 11.8. The van der Waals surface area contributed by atoms with Crippen LogP contribution >= 0.6 is 0 Å². The van der Waals surface area contributed by atoms with E-state index in [1.165, 1.54) is 5.69 Å². The van der Waals surface area contributed by atoms with E-state index >= 15 is 0 Å². The maximum Gasteiger partial charge on any atom is 0.232 e. The summed E-state index contributed by atoms with van der Waals surface area (Å²) in [6.07, 6.45) is 3.35. The Balaban J connectivity index is 2.22. The van der Waals surface area contributed by atoms with Gasteiger partial charge in [-0.05, 0) is 71.7 Å². The molecule has 31 heavy (non-hydrogen) atoms. The van der Waals surface area contributed by atoms with Crippen LogP contribution in [-0.2, 0) is 4.74 Å². The van der Waals surface area contributed by atoms with E-state index in [4.69, 9.17) is 9.47 Å². The predicted molar refractivity (Wildman–Crippen MR) is 128 cm³/mol. The van der Waals surface area contributed by atoms with E-state index < -0.39 is 5.60 Å². The largest absolute Gasteiger partial charge is 0.471 e. The van der Waals surface area contributed by atoms with Gasteiger partial charge in [0.2, 0.25) is 5.88 Å². The lowest BCUT2D eigenvalue weighted by Gasteiger charge is -2.29. The Bertz CT molecular complexity index is 879. The van der Waals surface area contributed by atoms with E-state index in [1.54, 1.807) is 6.20 Å². The van der Waals surface area contributed by atoms with Crippen molar-refractivity contribution in [1.82, 2.24) is 4.98 Å². The molecule has 1 aromatic heterocycles. The first kappa shape index (κ1) is 24.7. The van der Waals surface area contributed by atoms with Crippen molar-refractivity contribution in [3.8, 4) is 23.1 Å². The zero-order chi connectivity index (χ0) is 23.1. The molecule has 0 aliphatic carbocycles. The summed E-state index contributed by atoms with van der Waals surface area (Å²) in [4.78, 5) is 6.66. The highest BCUT2D eigenvalue weighted by Gasteiger charge is 2.25. The van der Waals surface area contributed by atoms with Gasteiger partial charge in [0.25, 0.3) is 0 Å². The van der Waals surface area contributed by atoms with Gasteiger partial charge in [-0.2, -0.15) is 5.26 Å². The molecular formula is C26H37N3O2. The van der Waals surface area contributed by atoms with E-state index in [0.717, 1.165) is 30.6 Å². The molecule has 0 N–H and O–H groups in total. The third-order valence-electron chi connectivity index (χ3n) is 5.76. The molecule has 5 heteroatoms. The Morgan fingerprint density at radius 3 is 2.16 bits per heavy atom. The van der Waals surface area contributed by atoms with E-state index in [-0.39, 0.29) is 5.60 Å². The van der Waals surface area contributed by atoms with Crippen molar-refractivity contribution in [2.24, 2.45) is 0 Å².